The van der Waals surface area contributed by atoms with Crippen molar-refractivity contribution in [1.82, 2.24) is 14.9 Å². The molecule has 0 spiro atoms. The molecule has 0 fully saturated rings. The SMILES string of the molecule is Cn1ccnc1C(NC(CO)CO)c1ccccc1. The van der Waals surface area contributed by atoms with Gasteiger partial charge in [-0.05, 0) is 5.56 Å². The average Bonchev–Trinajstić information content (AvgIpc) is 2.87. The molecule has 5 heteroatoms. The predicted molar refractivity (Wildman–Crippen MR) is 72.6 cm³/mol. The Balaban J connectivity index is 2.31. The van der Waals surface area contributed by atoms with Crippen LogP contribution in [-0.2, 0) is 7.05 Å². The Morgan fingerprint density at radius 2 is 1.89 bits per heavy atom. The van der Waals surface area contributed by atoms with Crippen molar-refractivity contribution in [2.24, 2.45) is 7.05 Å². The van der Waals surface area contributed by atoms with Crippen molar-refractivity contribution in [2.75, 3.05) is 13.2 Å². The number of benzene rings is 1. The van der Waals surface area contributed by atoms with Gasteiger partial charge in [0.05, 0.1) is 25.3 Å². The monoisotopic (exact) mass is 261 g/mol. The fourth-order valence-corrected chi connectivity index (χ4v) is 2.02. The molecule has 0 amide bonds. The van der Waals surface area contributed by atoms with E-state index in [2.05, 4.69) is 10.3 Å². The smallest absolute Gasteiger partial charge is 0.130 e. The molecule has 0 aliphatic rings. The summed E-state index contributed by atoms with van der Waals surface area (Å²) in [4.78, 5) is 4.35. The Kier molecular flexibility index (Phi) is 4.68. The highest BCUT2D eigenvalue weighted by molar-refractivity contribution is 5.25. The molecule has 2 aromatic rings. The highest BCUT2D eigenvalue weighted by Gasteiger charge is 2.21. The molecule has 0 saturated carbocycles. The Morgan fingerprint density at radius 3 is 2.42 bits per heavy atom. The van der Waals surface area contributed by atoms with Crippen molar-refractivity contribution in [3.05, 3.63) is 54.1 Å². The lowest BCUT2D eigenvalue weighted by Gasteiger charge is -2.23. The normalized spacial score (nSPS) is 12.8. The molecule has 1 heterocycles. The molecule has 0 bridgehead atoms. The van der Waals surface area contributed by atoms with Gasteiger partial charge in [-0.2, -0.15) is 0 Å². The molecule has 2 rings (SSSR count). The number of aryl methyl sites for hydroxylation is 1. The minimum atomic E-state index is -0.373. The molecule has 5 nitrogen and oxygen atoms in total. The summed E-state index contributed by atoms with van der Waals surface area (Å²) in [6.07, 6.45) is 3.61. The van der Waals surface area contributed by atoms with Gasteiger partial charge < -0.3 is 14.8 Å². The van der Waals surface area contributed by atoms with Crippen molar-refractivity contribution >= 4 is 0 Å². The van der Waals surface area contributed by atoms with Crippen LogP contribution >= 0.6 is 0 Å². The number of aliphatic hydroxyl groups is 2. The van der Waals surface area contributed by atoms with E-state index in [1.165, 1.54) is 0 Å². The highest BCUT2D eigenvalue weighted by Crippen LogP contribution is 2.20. The van der Waals surface area contributed by atoms with Crippen molar-refractivity contribution in [3.63, 3.8) is 0 Å². The van der Waals surface area contributed by atoms with Gasteiger partial charge in [-0.3, -0.25) is 5.32 Å². The van der Waals surface area contributed by atoms with E-state index in [1.54, 1.807) is 6.20 Å². The van der Waals surface area contributed by atoms with Crippen LogP contribution in [0.4, 0.5) is 0 Å². The van der Waals surface area contributed by atoms with Gasteiger partial charge in [-0.1, -0.05) is 30.3 Å². The first-order valence-corrected chi connectivity index (χ1v) is 6.26. The number of nitrogens with one attached hydrogen (secondary N) is 1. The molecule has 102 valence electrons. The zero-order valence-corrected chi connectivity index (χ0v) is 10.9. The van der Waals surface area contributed by atoms with Crippen LogP contribution in [-0.4, -0.2) is 39.0 Å². The van der Waals surface area contributed by atoms with Gasteiger partial charge >= 0.3 is 0 Å². The molecule has 1 unspecified atom stereocenters. The fraction of sp³-hybridized carbons (Fsp3) is 0.357. The Morgan fingerprint density at radius 1 is 1.21 bits per heavy atom. The molecule has 0 aliphatic heterocycles. The number of hydrogen-bond acceptors (Lipinski definition) is 4. The topological polar surface area (TPSA) is 70.3 Å². The van der Waals surface area contributed by atoms with E-state index in [0.717, 1.165) is 11.4 Å². The lowest BCUT2D eigenvalue weighted by atomic mass is 10.1. The van der Waals surface area contributed by atoms with Crippen LogP contribution in [0.15, 0.2) is 42.7 Å². The van der Waals surface area contributed by atoms with E-state index < -0.39 is 0 Å². The third-order valence-electron chi connectivity index (χ3n) is 3.09. The second-order valence-corrected chi connectivity index (χ2v) is 4.47. The maximum absolute atomic E-state index is 9.24. The summed E-state index contributed by atoms with van der Waals surface area (Å²) in [6, 6.07) is 9.33. The summed E-state index contributed by atoms with van der Waals surface area (Å²) in [7, 11) is 1.92. The van der Waals surface area contributed by atoms with Crippen LogP contribution in [0.5, 0.6) is 0 Å². The third-order valence-corrected chi connectivity index (χ3v) is 3.09. The van der Waals surface area contributed by atoms with Crippen LogP contribution in [0, 0.1) is 0 Å². The van der Waals surface area contributed by atoms with E-state index >= 15 is 0 Å². The fourth-order valence-electron chi connectivity index (χ4n) is 2.02. The first-order valence-electron chi connectivity index (χ1n) is 6.26. The molecule has 1 atom stereocenters. The first kappa shape index (κ1) is 13.7. The van der Waals surface area contributed by atoms with Crippen molar-refractivity contribution < 1.29 is 10.2 Å². The van der Waals surface area contributed by atoms with Gasteiger partial charge in [0, 0.05) is 19.4 Å². The van der Waals surface area contributed by atoms with Crippen LogP contribution in [0.25, 0.3) is 0 Å². The van der Waals surface area contributed by atoms with E-state index in [1.807, 2.05) is 48.1 Å². The Hall–Kier alpha value is -1.69. The summed E-state index contributed by atoms with van der Waals surface area (Å²) in [6.45, 7) is -0.242. The number of imidazole rings is 1. The molecule has 1 aromatic heterocycles. The summed E-state index contributed by atoms with van der Waals surface area (Å²) < 4.78 is 1.93. The maximum atomic E-state index is 9.24. The quantitative estimate of drug-likeness (QED) is 0.706. The largest absolute Gasteiger partial charge is 0.395 e. The second kappa shape index (κ2) is 6.47. The average molecular weight is 261 g/mol. The van der Waals surface area contributed by atoms with Crippen LogP contribution in [0.3, 0.4) is 0 Å². The van der Waals surface area contributed by atoms with Crippen molar-refractivity contribution in [2.45, 2.75) is 12.1 Å². The third kappa shape index (κ3) is 3.20. The Labute approximate surface area is 112 Å². The number of aliphatic hydroxyl groups excluding tert-OH is 2. The van der Waals surface area contributed by atoms with E-state index in [0.29, 0.717) is 0 Å². The summed E-state index contributed by atoms with van der Waals surface area (Å²) in [5.41, 5.74) is 1.05. The second-order valence-electron chi connectivity index (χ2n) is 4.47. The van der Waals surface area contributed by atoms with Crippen molar-refractivity contribution in [1.29, 1.82) is 0 Å². The lowest BCUT2D eigenvalue weighted by molar-refractivity contribution is 0.164. The summed E-state index contributed by atoms with van der Waals surface area (Å²) in [5.74, 6) is 0.845. The minimum Gasteiger partial charge on any atom is -0.395 e. The minimum absolute atomic E-state index is 0.121. The number of hydrogen-bond donors (Lipinski definition) is 3. The molecular formula is C14H19N3O2. The van der Waals surface area contributed by atoms with Crippen LogP contribution in [0.1, 0.15) is 17.4 Å². The van der Waals surface area contributed by atoms with Gasteiger partial charge in [0.15, 0.2) is 0 Å². The summed E-state index contributed by atoms with van der Waals surface area (Å²) in [5, 5.41) is 21.7. The Bertz CT molecular complexity index is 494. The van der Waals surface area contributed by atoms with Crippen LogP contribution < -0.4 is 5.32 Å². The van der Waals surface area contributed by atoms with Gasteiger partial charge in [0.1, 0.15) is 5.82 Å². The number of rotatable bonds is 6. The highest BCUT2D eigenvalue weighted by atomic mass is 16.3. The molecule has 3 N–H and O–H groups in total. The molecule has 1 aromatic carbocycles. The standard InChI is InChI=1S/C14H19N3O2/c1-17-8-7-15-14(17)13(16-12(9-18)10-19)11-5-3-2-4-6-11/h2-8,12-13,16,18-19H,9-10H2,1H3. The first-order chi connectivity index (χ1) is 9.26. The van der Waals surface area contributed by atoms with Gasteiger partial charge in [-0.25, -0.2) is 4.98 Å². The maximum Gasteiger partial charge on any atom is 0.130 e. The molecule has 0 saturated heterocycles. The van der Waals surface area contributed by atoms with Gasteiger partial charge in [0.25, 0.3) is 0 Å². The molecule has 19 heavy (non-hydrogen) atoms. The van der Waals surface area contributed by atoms with Crippen molar-refractivity contribution in [3.8, 4) is 0 Å². The van der Waals surface area contributed by atoms with Gasteiger partial charge in [0.2, 0.25) is 0 Å². The van der Waals surface area contributed by atoms with Crippen LogP contribution in [0.2, 0.25) is 0 Å². The molecular weight excluding hydrogens is 242 g/mol. The molecule has 0 aliphatic carbocycles. The zero-order valence-electron chi connectivity index (χ0n) is 10.9. The van der Waals surface area contributed by atoms with E-state index in [4.69, 9.17) is 0 Å². The van der Waals surface area contributed by atoms with Gasteiger partial charge in [-0.15, -0.1) is 0 Å². The predicted octanol–water partition coefficient (Wildman–Crippen LogP) is 0.452. The molecule has 0 radical (unpaired) electrons. The zero-order chi connectivity index (χ0) is 13.7. The summed E-state index contributed by atoms with van der Waals surface area (Å²) >= 11 is 0. The number of aromatic nitrogens is 2. The van der Waals surface area contributed by atoms with E-state index in [-0.39, 0.29) is 25.3 Å². The lowest BCUT2D eigenvalue weighted by Crippen LogP contribution is -2.39. The number of nitrogens with zero attached hydrogens (tertiary/aromatic N) is 2. The van der Waals surface area contributed by atoms with E-state index in [9.17, 15) is 10.2 Å².